The van der Waals surface area contributed by atoms with Crippen LogP contribution in [0.3, 0.4) is 0 Å². The van der Waals surface area contributed by atoms with Crippen LogP contribution in [-0.4, -0.2) is 23.3 Å². The van der Waals surface area contributed by atoms with Gasteiger partial charge in [-0.2, -0.15) is 0 Å². The first-order valence-electron chi connectivity index (χ1n) is 7.04. The first-order chi connectivity index (χ1) is 10.6. The Balaban J connectivity index is 1.74. The second-order valence-corrected chi connectivity index (χ2v) is 5.47. The lowest BCUT2D eigenvalue weighted by Crippen LogP contribution is -2.23. The molecule has 2 aromatic rings. The minimum atomic E-state index is -0.258. The number of pyridine rings is 1. The molecule has 1 fully saturated rings. The molecule has 1 aromatic carbocycles. The summed E-state index contributed by atoms with van der Waals surface area (Å²) >= 11 is 5.09. The molecule has 3 rings (SSSR count). The van der Waals surface area contributed by atoms with Gasteiger partial charge in [0, 0.05) is 30.5 Å². The third kappa shape index (κ3) is 2.92. The number of aromatic nitrogens is 1. The van der Waals surface area contributed by atoms with Crippen LogP contribution in [0.2, 0.25) is 0 Å². The molecular weight excluding hydrogens is 298 g/mol. The predicted molar refractivity (Wildman–Crippen MR) is 87.6 cm³/mol. The van der Waals surface area contributed by atoms with Gasteiger partial charge in [-0.1, -0.05) is 12.2 Å². The molecule has 1 aromatic heterocycles. The van der Waals surface area contributed by atoms with Crippen LogP contribution in [0, 0.1) is 4.64 Å². The molecule has 0 aliphatic carbocycles. The van der Waals surface area contributed by atoms with Gasteiger partial charge < -0.3 is 15.2 Å². The van der Waals surface area contributed by atoms with Crippen molar-refractivity contribution in [2.75, 3.05) is 16.8 Å². The summed E-state index contributed by atoms with van der Waals surface area (Å²) in [5.74, 6) is -0.112. The van der Waals surface area contributed by atoms with Gasteiger partial charge in [0.2, 0.25) is 5.91 Å². The van der Waals surface area contributed by atoms with Crippen LogP contribution in [0.5, 0.6) is 0 Å². The Kier molecular flexibility index (Phi) is 4.02. The number of rotatable bonds is 3. The summed E-state index contributed by atoms with van der Waals surface area (Å²) in [5, 5.41) is 2.80. The summed E-state index contributed by atoms with van der Waals surface area (Å²) in [4.78, 5) is 28.5. The van der Waals surface area contributed by atoms with Crippen LogP contribution in [0.1, 0.15) is 23.2 Å². The van der Waals surface area contributed by atoms with Crippen molar-refractivity contribution in [2.24, 2.45) is 0 Å². The predicted octanol–water partition coefficient (Wildman–Crippen LogP) is 3.12. The maximum Gasteiger partial charge on any atom is 0.258 e. The number of anilines is 2. The number of hydrogen-bond acceptors (Lipinski definition) is 3. The van der Waals surface area contributed by atoms with Crippen molar-refractivity contribution >= 4 is 35.4 Å². The van der Waals surface area contributed by atoms with E-state index in [1.807, 2.05) is 12.1 Å². The van der Waals surface area contributed by atoms with E-state index in [-0.39, 0.29) is 11.8 Å². The highest BCUT2D eigenvalue weighted by molar-refractivity contribution is 7.71. The maximum absolute atomic E-state index is 12.2. The molecule has 1 aliphatic heterocycles. The van der Waals surface area contributed by atoms with Gasteiger partial charge in [0.25, 0.3) is 5.91 Å². The fourth-order valence-corrected chi connectivity index (χ4v) is 2.67. The van der Waals surface area contributed by atoms with E-state index >= 15 is 0 Å². The summed E-state index contributed by atoms with van der Waals surface area (Å²) in [5.41, 5.74) is 1.95. The van der Waals surface area contributed by atoms with Crippen molar-refractivity contribution in [2.45, 2.75) is 12.8 Å². The monoisotopic (exact) mass is 313 g/mol. The van der Waals surface area contributed by atoms with E-state index in [1.54, 1.807) is 35.4 Å². The molecule has 2 N–H and O–H groups in total. The Morgan fingerprint density at radius 2 is 2.00 bits per heavy atom. The molecule has 6 heteroatoms. The number of hydrogen-bond donors (Lipinski definition) is 2. The van der Waals surface area contributed by atoms with Crippen molar-refractivity contribution < 1.29 is 9.59 Å². The van der Waals surface area contributed by atoms with Gasteiger partial charge in [-0.15, -0.1) is 0 Å². The number of H-pyrrole nitrogens is 1. The fraction of sp³-hybridized carbons (Fsp3) is 0.188. The molecule has 1 saturated heterocycles. The number of carbonyl (C=O) groups is 2. The van der Waals surface area contributed by atoms with Crippen molar-refractivity contribution in [3.63, 3.8) is 0 Å². The number of benzene rings is 1. The number of amides is 2. The van der Waals surface area contributed by atoms with E-state index in [9.17, 15) is 9.59 Å². The number of nitrogens with one attached hydrogen (secondary N) is 2. The first kappa shape index (κ1) is 14.5. The highest BCUT2D eigenvalue weighted by Gasteiger charge is 2.21. The topological polar surface area (TPSA) is 65.2 Å². The van der Waals surface area contributed by atoms with Crippen molar-refractivity contribution in [1.29, 1.82) is 0 Å². The fourth-order valence-electron chi connectivity index (χ4n) is 2.44. The summed E-state index contributed by atoms with van der Waals surface area (Å²) in [6.07, 6.45) is 3.18. The minimum absolute atomic E-state index is 0.146. The third-order valence-electron chi connectivity index (χ3n) is 3.57. The number of aromatic amines is 1. The molecule has 2 amide bonds. The van der Waals surface area contributed by atoms with Crippen molar-refractivity contribution in [3.05, 3.63) is 52.8 Å². The average Bonchev–Trinajstić information content (AvgIpc) is 2.94. The molecular formula is C16H15N3O2S. The number of carbonyl (C=O) groups excluding carboxylic acids is 2. The molecule has 2 heterocycles. The molecule has 22 heavy (non-hydrogen) atoms. The van der Waals surface area contributed by atoms with E-state index in [0.29, 0.717) is 22.3 Å². The summed E-state index contributed by atoms with van der Waals surface area (Å²) in [7, 11) is 0. The van der Waals surface area contributed by atoms with E-state index in [1.165, 1.54) is 0 Å². The third-order valence-corrected chi connectivity index (χ3v) is 3.91. The van der Waals surface area contributed by atoms with Crippen LogP contribution in [-0.2, 0) is 4.79 Å². The zero-order valence-electron chi connectivity index (χ0n) is 11.8. The van der Waals surface area contributed by atoms with Gasteiger partial charge in [0.1, 0.15) is 4.64 Å². The molecule has 5 nitrogen and oxygen atoms in total. The maximum atomic E-state index is 12.2. The van der Waals surface area contributed by atoms with Crippen molar-refractivity contribution in [1.82, 2.24) is 4.98 Å². The second-order valence-electron chi connectivity index (χ2n) is 5.06. The highest BCUT2D eigenvalue weighted by atomic mass is 32.1. The molecule has 1 aliphatic rings. The lowest BCUT2D eigenvalue weighted by molar-refractivity contribution is -0.117. The second kappa shape index (κ2) is 6.11. The smallest absolute Gasteiger partial charge is 0.258 e. The summed E-state index contributed by atoms with van der Waals surface area (Å²) in [6, 6.07) is 10.6. The lowest BCUT2D eigenvalue weighted by Gasteiger charge is -2.16. The zero-order valence-corrected chi connectivity index (χ0v) is 12.7. The summed E-state index contributed by atoms with van der Waals surface area (Å²) in [6.45, 7) is 0.754. The van der Waals surface area contributed by atoms with Crippen molar-refractivity contribution in [3.8, 4) is 0 Å². The Hall–Kier alpha value is -2.47. The molecule has 0 saturated carbocycles. The molecule has 0 bridgehead atoms. The average molecular weight is 313 g/mol. The lowest BCUT2D eigenvalue weighted by atomic mass is 10.2. The van der Waals surface area contributed by atoms with E-state index in [0.717, 1.165) is 18.7 Å². The standard InChI is InChI=1S/C16H15N3O2S/c20-14-4-2-10-19(14)12-7-5-11(6-8-12)18-15(21)13-3-1-9-17-16(13)22/h1,3,5-9H,2,4,10H2,(H,17,22)(H,18,21). The van der Waals surface area contributed by atoms with Gasteiger partial charge in [-0.3, -0.25) is 9.59 Å². The molecule has 0 atom stereocenters. The van der Waals surface area contributed by atoms with Crippen LogP contribution in [0.25, 0.3) is 0 Å². The molecule has 112 valence electrons. The van der Waals surface area contributed by atoms with Gasteiger partial charge in [0.05, 0.1) is 5.56 Å². The Morgan fingerprint density at radius 1 is 1.23 bits per heavy atom. The first-order valence-corrected chi connectivity index (χ1v) is 7.45. The summed E-state index contributed by atoms with van der Waals surface area (Å²) < 4.78 is 0.402. The van der Waals surface area contributed by atoms with E-state index < -0.39 is 0 Å². The van der Waals surface area contributed by atoms with E-state index in [2.05, 4.69) is 10.3 Å². The Morgan fingerprint density at radius 3 is 2.64 bits per heavy atom. The molecule has 0 radical (unpaired) electrons. The normalized spacial score (nSPS) is 14.2. The SMILES string of the molecule is O=C(Nc1ccc(N2CCCC2=O)cc1)c1ccc[nH]c1=S. The quantitative estimate of drug-likeness (QED) is 0.856. The molecule has 0 spiro atoms. The zero-order chi connectivity index (χ0) is 15.5. The minimum Gasteiger partial charge on any atom is -0.352 e. The van der Waals surface area contributed by atoms with Gasteiger partial charge in [-0.05, 0) is 42.8 Å². The van der Waals surface area contributed by atoms with Gasteiger partial charge in [-0.25, -0.2) is 0 Å². The number of nitrogens with zero attached hydrogens (tertiary/aromatic N) is 1. The van der Waals surface area contributed by atoms with Crippen LogP contribution in [0.15, 0.2) is 42.6 Å². The Labute approximate surface area is 133 Å². The largest absolute Gasteiger partial charge is 0.352 e. The van der Waals surface area contributed by atoms with Gasteiger partial charge >= 0.3 is 0 Å². The van der Waals surface area contributed by atoms with E-state index in [4.69, 9.17) is 12.2 Å². The van der Waals surface area contributed by atoms with Crippen LogP contribution < -0.4 is 10.2 Å². The van der Waals surface area contributed by atoms with Crippen LogP contribution in [0.4, 0.5) is 11.4 Å². The van der Waals surface area contributed by atoms with Crippen LogP contribution >= 0.6 is 12.2 Å². The molecule has 0 unspecified atom stereocenters. The Bertz CT molecular complexity index is 767. The van der Waals surface area contributed by atoms with Gasteiger partial charge in [0.15, 0.2) is 0 Å². The highest BCUT2D eigenvalue weighted by Crippen LogP contribution is 2.23.